The Kier molecular flexibility index (Phi) is 3.79. The van der Waals surface area contributed by atoms with Gasteiger partial charge in [0.25, 0.3) is 5.91 Å². The van der Waals surface area contributed by atoms with Crippen molar-refractivity contribution >= 4 is 21.8 Å². The summed E-state index contributed by atoms with van der Waals surface area (Å²) in [6.45, 7) is 1.05. The first kappa shape index (κ1) is 13.9. The third-order valence-electron chi connectivity index (χ3n) is 3.31. The van der Waals surface area contributed by atoms with Crippen LogP contribution in [0.25, 0.3) is 0 Å². The van der Waals surface area contributed by atoms with Crippen molar-refractivity contribution in [2.75, 3.05) is 6.61 Å². The zero-order valence-corrected chi connectivity index (χ0v) is 12.7. The van der Waals surface area contributed by atoms with Crippen LogP contribution in [0, 0.1) is 0 Å². The maximum absolute atomic E-state index is 12.0. The summed E-state index contributed by atoms with van der Waals surface area (Å²) in [6, 6.07) is 6.80. The number of nitrogens with one attached hydrogen (secondary N) is 2. The summed E-state index contributed by atoms with van der Waals surface area (Å²) in [4.78, 5) is 25.5. The van der Waals surface area contributed by atoms with Crippen molar-refractivity contribution in [2.24, 2.45) is 0 Å². The SMILES string of the molecule is O=C(NCc1cc(Br)cc2c1OCC2)c1ccc(=O)[nH]c1. The molecule has 108 valence electrons. The number of fused-ring (bicyclic) bond motifs is 1. The summed E-state index contributed by atoms with van der Waals surface area (Å²) < 4.78 is 6.59. The fourth-order valence-electron chi connectivity index (χ4n) is 2.31. The standard InChI is InChI=1S/C15H13BrN2O3/c16-12-5-9-3-4-21-14(9)11(6-12)8-18-15(20)10-1-2-13(19)17-7-10/h1-2,5-7H,3-4,8H2,(H,17,19)(H,18,20). The Bertz CT molecular complexity index is 735. The average molecular weight is 349 g/mol. The summed E-state index contributed by atoms with van der Waals surface area (Å²) in [5, 5.41) is 2.83. The summed E-state index contributed by atoms with van der Waals surface area (Å²) in [5.41, 5.74) is 2.28. The molecule has 0 bridgehead atoms. The molecule has 1 aromatic carbocycles. The number of hydrogen-bond donors (Lipinski definition) is 2. The van der Waals surface area contributed by atoms with Crippen molar-refractivity contribution in [3.8, 4) is 5.75 Å². The zero-order valence-electron chi connectivity index (χ0n) is 11.1. The number of benzene rings is 1. The zero-order chi connectivity index (χ0) is 14.8. The van der Waals surface area contributed by atoms with E-state index in [4.69, 9.17) is 4.74 Å². The molecule has 1 aliphatic rings. The molecular weight excluding hydrogens is 336 g/mol. The van der Waals surface area contributed by atoms with Gasteiger partial charge in [0.15, 0.2) is 0 Å². The van der Waals surface area contributed by atoms with E-state index in [1.807, 2.05) is 12.1 Å². The monoisotopic (exact) mass is 348 g/mol. The third-order valence-corrected chi connectivity index (χ3v) is 3.77. The Morgan fingerprint density at radius 2 is 2.24 bits per heavy atom. The fraction of sp³-hybridized carbons (Fsp3) is 0.200. The van der Waals surface area contributed by atoms with Crippen LogP contribution in [0.15, 0.2) is 39.7 Å². The molecule has 1 aliphatic heterocycles. The molecule has 0 atom stereocenters. The van der Waals surface area contributed by atoms with E-state index in [1.165, 1.54) is 18.3 Å². The molecule has 3 rings (SSSR count). The van der Waals surface area contributed by atoms with Crippen LogP contribution in [-0.4, -0.2) is 17.5 Å². The fourth-order valence-corrected chi connectivity index (χ4v) is 2.86. The number of amides is 1. The van der Waals surface area contributed by atoms with Crippen molar-refractivity contribution in [3.05, 3.63) is 62.0 Å². The van der Waals surface area contributed by atoms with E-state index in [9.17, 15) is 9.59 Å². The highest BCUT2D eigenvalue weighted by Crippen LogP contribution is 2.32. The molecule has 1 aromatic heterocycles. The minimum Gasteiger partial charge on any atom is -0.493 e. The number of aromatic amines is 1. The molecule has 2 N–H and O–H groups in total. The smallest absolute Gasteiger partial charge is 0.253 e. The third kappa shape index (κ3) is 3.00. The predicted molar refractivity (Wildman–Crippen MR) is 81.6 cm³/mol. The number of carbonyl (C=O) groups excluding carboxylic acids is 1. The van der Waals surface area contributed by atoms with Gasteiger partial charge in [0.05, 0.1) is 12.2 Å². The first-order chi connectivity index (χ1) is 10.1. The topological polar surface area (TPSA) is 71.2 Å². The van der Waals surface area contributed by atoms with Crippen LogP contribution in [0.3, 0.4) is 0 Å². The molecule has 0 radical (unpaired) electrons. The lowest BCUT2D eigenvalue weighted by atomic mass is 10.1. The van der Waals surface area contributed by atoms with Gasteiger partial charge in [0.1, 0.15) is 5.75 Å². The van der Waals surface area contributed by atoms with Crippen molar-refractivity contribution in [1.29, 1.82) is 0 Å². The highest BCUT2D eigenvalue weighted by Gasteiger charge is 2.18. The second-order valence-electron chi connectivity index (χ2n) is 4.78. The number of H-pyrrole nitrogens is 1. The maximum Gasteiger partial charge on any atom is 0.253 e. The van der Waals surface area contributed by atoms with Gasteiger partial charge in [-0.3, -0.25) is 9.59 Å². The Balaban J connectivity index is 1.75. The Labute approximate surface area is 129 Å². The van der Waals surface area contributed by atoms with Crippen molar-refractivity contribution in [3.63, 3.8) is 0 Å². The number of halogens is 1. The predicted octanol–water partition coefficient (Wildman–Crippen LogP) is 2.00. The first-order valence-electron chi connectivity index (χ1n) is 6.54. The quantitative estimate of drug-likeness (QED) is 0.891. The molecule has 5 nitrogen and oxygen atoms in total. The van der Waals surface area contributed by atoms with Gasteiger partial charge in [-0.05, 0) is 23.8 Å². The molecule has 1 amide bonds. The molecule has 0 unspecified atom stereocenters. The lowest BCUT2D eigenvalue weighted by Crippen LogP contribution is -2.24. The Hall–Kier alpha value is -2.08. The van der Waals surface area contributed by atoms with Crippen molar-refractivity contribution < 1.29 is 9.53 Å². The lowest BCUT2D eigenvalue weighted by Gasteiger charge is -2.10. The number of ether oxygens (including phenoxy) is 1. The van der Waals surface area contributed by atoms with Crippen LogP contribution in [0.1, 0.15) is 21.5 Å². The van der Waals surface area contributed by atoms with E-state index in [2.05, 4.69) is 26.2 Å². The first-order valence-corrected chi connectivity index (χ1v) is 7.34. The molecule has 0 spiro atoms. The molecule has 21 heavy (non-hydrogen) atoms. The number of hydrogen-bond acceptors (Lipinski definition) is 3. The summed E-state index contributed by atoms with van der Waals surface area (Å²) in [7, 11) is 0. The van der Waals surface area contributed by atoms with E-state index in [-0.39, 0.29) is 11.5 Å². The molecule has 6 heteroatoms. The van der Waals surface area contributed by atoms with Gasteiger partial charge in [0, 0.05) is 35.3 Å². The van der Waals surface area contributed by atoms with Crippen LogP contribution < -0.4 is 15.6 Å². The normalized spacial score (nSPS) is 12.6. The van der Waals surface area contributed by atoms with Gasteiger partial charge in [0.2, 0.25) is 5.56 Å². The van der Waals surface area contributed by atoms with Crippen LogP contribution in [-0.2, 0) is 13.0 Å². The Morgan fingerprint density at radius 1 is 1.38 bits per heavy atom. The van der Waals surface area contributed by atoms with Crippen LogP contribution >= 0.6 is 15.9 Å². The van der Waals surface area contributed by atoms with Crippen molar-refractivity contribution in [1.82, 2.24) is 10.3 Å². The van der Waals surface area contributed by atoms with Gasteiger partial charge < -0.3 is 15.0 Å². The van der Waals surface area contributed by atoms with Gasteiger partial charge in [-0.25, -0.2) is 0 Å². The second kappa shape index (κ2) is 5.73. The van der Waals surface area contributed by atoms with E-state index < -0.39 is 0 Å². The van der Waals surface area contributed by atoms with Crippen LogP contribution in [0.4, 0.5) is 0 Å². The maximum atomic E-state index is 12.0. The lowest BCUT2D eigenvalue weighted by molar-refractivity contribution is 0.0950. The highest BCUT2D eigenvalue weighted by atomic mass is 79.9. The molecule has 0 fully saturated rings. The molecular formula is C15H13BrN2O3. The highest BCUT2D eigenvalue weighted by molar-refractivity contribution is 9.10. The van der Waals surface area contributed by atoms with Gasteiger partial charge in [-0.1, -0.05) is 15.9 Å². The molecule has 2 aromatic rings. The summed E-state index contributed by atoms with van der Waals surface area (Å²) in [6.07, 6.45) is 2.29. The second-order valence-corrected chi connectivity index (χ2v) is 5.69. The molecule has 0 saturated carbocycles. The van der Waals surface area contributed by atoms with Gasteiger partial charge >= 0.3 is 0 Å². The molecule has 0 saturated heterocycles. The summed E-state index contributed by atoms with van der Waals surface area (Å²) >= 11 is 3.47. The van der Waals surface area contributed by atoms with E-state index in [1.54, 1.807) is 0 Å². The van der Waals surface area contributed by atoms with E-state index in [0.29, 0.717) is 18.7 Å². The molecule has 2 heterocycles. The largest absolute Gasteiger partial charge is 0.493 e. The van der Waals surface area contributed by atoms with Crippen LogP contribution in [0.2, 0.25) is 0 Å². The van der Waals surface area contributed by atoms with Crippen molar-refractivity contribution in [2.45, 2.75) is 13.0 Å². The number of rotatable bonds is 3. The number of carbonyl (C=O) groups is 1. The Morgan fingerprint density at radius 3 is 3.00 bits per heavy atom. The number of pyridine rings is 1. The minimum absolute atomic E-state index is 0.232. The van der Waals surface area contributed by atoms with E-state index in [0.717, 1.165) is 27.8 Å². The van der Waals surface area contributed by atoms with Gasteiger partial charge in [-0.15, -0.1) is 0 Å². The van der Waals surface area contributed by atoms with Crippen LogP contribution in [0.5, 0.6) is 5.75 Å². The average Bonchev–Trinajstić information content (AvgIpc) is 2.93. The molecule has 0 aliphatic carbocycles. The van der Waals surface area contributed by atoms with Gasteiger partial charge in [-0.2, -0.15) is 0 Å². The minimum atomic E-state index is -0.238. The number of aromatic nitrogens is 1. The summed E-state index contributed by atoms with van der Waals surface area (Å²) in [5.74, 6) is 0.623. The van der Waals surface area contributed by atoms with E-state index >= 15 is 0 Å².